The molecule has 1 heterocycles. The van der Waals surface area contributed by atoms with E-state index in [1.165, 1.54) is 11.1 Å². The second-order valence-electron chi connectivity index (χ2n) is 7.05. The number of rotatable bonds is 5. The number of hydrogen-bond acceptors (Lipinski definition) is 4. The molecule has 0 aliphatic carbocycles. The van der Waals surface area contributed by atoms with Gasteiger partial charge in [-0.15, -0.1) is 0 Å². The van der Waals surface area contributed by atoms with Crippen LogP contribution in [-0.2, 0) is 6.54 Å². The first-order chi connectivity index (χ1) is 12.6. The third-order valence-electron chi connectivity index (χ3n) is 5.15. The molecule has 0 spiro atoms. The third-order valence-corrected chi connectivity index (χ3v) is 5.15. The number of benzene rings is 2. The Kier molecular flexibility index (Phi) is 5.70. The molecule has 0 aromatic heterocycles. The predicted octanol–water partition coefficient (Wildman–Crippen LogP) is 4.15. The number of nitrogens with zero attached hydrogens (tertiary/aromatic N) is 2. The summed E-state index contributed by atoms with van der Waals surface area (Å²) in [7, 11) is 0. The van der Waals surface area contributed by atoms with E-state index in [4.69, 9.17) is 0 Å². The minimum atomic E-state index is 0.0191. The van der Waals surface area contributed by atoms with Crippen LogP contribution in [0.3, 0.4) is 0 Å². The number of Topliss-reactive ketones (excluding diaryl/α,β-unsaturated/α-hetero) is 1. The topological polar surface area (TPSA) is 56.1 Å². The Bertz CT molecular complexity index is 830. The van der Waals surface area contributed by atoms with Crippen LogP contribution in [0.5, 0.6) is 0 Å². The van der Waals surface area contributed by atoms with Crippen molar-refractivity contribution in [3.63, 3.8) is 0 Å². The molecule has 2 aromatic carbocycles. The van der Waals surface area contributed by atoms with Gasteiger partial charge in [-0.3, -0.25) is 9.69 Å². The summed E-state index contributed by atoms with van der Waals surface area (Å²) in [6.07, 6.45) is 2.06. The molecule has 4 nitrogen and oxygen atoms in total. The summed E-state index contributed by atoms with van der Waals surface area (Å²) in [5, 5.41) is 12.8. The number of carbonyl (C=O) groups is 1. The highest BCUT2D eigenvalue weighted by Gasteiger charge is 2.20. The Labute approximate surface area is 155 Å². The van der Waals surface area contributed by atoms with E-state index in [1.807, 2.05) is 0 Å². The zero-order valence-corrected chi connectivity index (χ0v) is 15.5. The normalized spacial score (nSPS) is 15.4. The molecule has 1 saturated heterocycles. The second-order valence-corrected chi connectivity index (χ2v) is 7.05. The monoisotopic (exact) mass is 347 g/mol. The molecule has 0 bridgehead atoms. The van der Waals surface area contributed by atoms with Gasteiger partial charge in [-0.2, -0.15) is 5.26 Å². The summed E-state index contributed by atoms with van der Waals surface area (Å²) >= 11 is 0. The van der Waals surface area contributed by atoms with Crippen LogP contribution in [0.15, 0.2) is 42.5 Å². The number of hydrogen-bond donors (Lipinski definition) is 1. The molecule has 1 aliphatic rings. The average molecular weight is 347 g/mol. The van der Waals surface area contributed by atoms with Crippen LogP contribution >= 0.6 is 0 Å². The molecular weight excluding hydrogens is 322 g/mol. The lowest BCUT2D eigenvalue weighted by Crippen LogP contribution is -2.38. The Hall–Kier alpha value is -2.64. The molecule has 1 fully saturated rings. The molecule has 134 valence electrons. The summed E-state index contributed by atoms with van der Waals surface area (Å²) in [4.78, 5) is 14.1. The molecule has 4 heteroatoms. The highest BCUT2D eigenvalue weighted by molar-refractivity contribution is 5.95. The first kappa shape index (κ1) is 18.2. The summed E-state index contributed by atoms with van der Waals surface area (Å²) in [5.41, 5.74) is 4.74. The van der Waals surface area contributed by atoms with Crippen LogP contribution < -0.4 is 5.32 Å². The van der Waals surface area contributed by atoms with Gasteiger partial charge in [-0.25, -0.2) is 0 Å². The van der Waals surface area contributed by atoms with E-state index >= 15 is 0 Å². The molecule has 0 amide bonds. The molecule has 0 atom stereocenters. The third kappa shape index (κ3) is 4.30. The Morgan fingerprint density at radius 3 is 2.62 bits per heavy atom. The van der Waals surface area contributed by atoms with Gasteiger partial charge in [-0.1, -0.05) is 24.3 Å². The molecule has 0 unspecified atom stereocenters. The maximum Gasteiger partial charge on any atom is 0.159 e. The van der Waals surface area contributed by atoms with Gasteiger partial charge in [-0.05, 0) is 56.0 Å². The van der Waals surface area contributed by atoms with Crippen LogP contribution in [0.25, 0.3) is 0 Å². The van der Waals surface area contributed by atoms with E-state index in [0.29, 0.717) is 17.2 Å². The maximum absolute atomic E-state index is 11.6. The van der Waals surface area contributed by atoms with E-state index in [-0.39, 0.29) is 5.78 Å². The van der Waals surface area contributed by atoms with Gasteiger partial charge >= 0.3 is 0 Å². The molecule has 0 saturated carbocycles. The van der Waals surface area contributed by atoms with Gasteiger partial charge in [0, 0.05) is 31.2 Å². The lowest BCUT2D eigenvalue weighted by molar-refractivity contribution is 0.101. The smallest absolute Gasteiger partial charge is 0.159 e. The van der Waals surface area contributed by atoms with Crippen molar-refractivity contribution in [1.29, 1.82) is 5.26 Å². The zero-order chi connectivity index (χ0) is 18.5. The van der Waals surface area contributed by atoms with E-state index < -0.39 is 0 Å². The summed E-state index contributed by atoms with van der Waals surface area (Å²) in [5.74, 6) is 0.0191. The van der Waals surface area contributed by atoms with E-state index in [1.54, 1.807) is 25.1 Å². The van der Waals surface area contributed by atoms with Gasteiger partial charge < -0.3 is 5.32 Å². The summed E-state index contributed by atoms with van der Waals surface area (Å²) in [6, 6.07) is 16.3. The molecule has 1 aliphatic heterocycles. The minimum Gasteiger partial charge on any atom is -0.381 e. The quantitative estimate of drug-likeness (QED) is 0.826. The van der Waals surface area contributed by atoms with Crippen molar-refractivity contribution in [3.8, 4) is 6.07 Å². The summed E-state index contributed by atoms with van der Waals surface area (Å²) in [6.45, 7) is 6.76. The average Bonchev–Trinajstić information content (AvgIpc) is 2.65. The van der Waals surface area contributed by atoms with Crippen molar-refractivity contribution >= 4 is 11.5 Å². The Morgan fingerprint density at radius 1 is 1.23 bits per heavy atom. The predicted molar refractivity (Wildman–Crippen MR) is 104 cm³/mol. The van der Waals surface area contributed by atoms with E-state index in [9.17, 15) is 10.1 Å². The standard InChI is InChI=1S/C22H25N3O/c1-16-5-3-4-6-20(16)15-25-11-9-21(10-12-25)24-22-13-18(17(2)26)7-8-19(22)14-23/h3-8,13,21,24H,9-12,15H2,1-2H3. The first-order valence-electron chi connectivity index (χ1n) is 9.15. The molecule has 1 N–H and O–H groups in total. The fourth-order valence-corrected chi connectivity index (χ4v) is 3.46. The van der Waals surface area contributed by atoms with Crippen molar-refractivity contribution in [2.24, 2.45) is 0 Å². The first-order valence-corrected chi connectivity index (χ1v) is 9.15. The SMILES string of the molecule is CC(=O)c1ccc(C#N)c(NC2CCN(Cc3ccccc3C)CC2)c1. The van der Waals surface area contributed by atoms with Crippen LogP contribution in [0.1, 0.15) is 46.8 Å². The van der Waals surface area contributed by atoms with Crippen molar-refractivity contribution in [1.82, 2.24) is 4.90 Å². The fourth-order valence-electron chi connectivity index (χ4n) is 3.46. The number of ketones is 1. The number of anilines is 1. The highest BCUT2D eigenvalue weighted by atomic mass is 16.1. The van der Waals surface area contributed by atoms with Crippen LogP contribution in [0.2, 0.25) is 0 Å². The number of aryl methyl sites for hydroxylation is 1. The zero-order valence-electron chi connectivity index (χ0n) is 15.5. The van der Waals surface area contributed by atoms with Crippen molar-refractivity contribution in [3.05, 3.63) is 64.7 Å². The highest BCUT2D eigenvalue weighted by Crippen LogP contribution is 2.23. The van der Waals surface area contributed by atoms with Crippen LogP contribution in [0.4, 0.5) is 5.69 Å². The van der Waals surface area contributed by atoms with Gasteiger partial charge in [0.25, 0.3) is 0 Å². The minimum absolute atomic E-state index is 0.0191. The van der Waals surface area contributed by atoms with Crippen molar-refractivity contribution < 1.29 is 4.79 Å². The Balaban J connectivity index is 1.61. The largest absolute Gasteiger partial charge is 0.381 e. The fraction of sp³-hybridized carbons (Fsp3) is 0.364. The number of carbonyl (C=O) groups excluding carboxylic acids is 1. The lowest BCUT2D eigenvalue weighted by Gasteiger charge is -2.33. The van der Waals surface area contributed by atoms with Crippen LogP contribution in [-0.4, -0.2) is 29.8 Å². The van der Waals surface area contributed by atoms with Gasteiger partial charge in [0.1, 0.15) is 6.07 Å². The maximum atomic E-state index is 11.6. The second kappa shape index (κ2) is 8.16. The molecule has 0 radical (unpaired) electrons. The van der Waals surface area contributed by atoms with E-state index in [0.717, 1.165) is 38.2 Å². The van der Waals surface area contributed by atoms with E-state index in [2.05, 4.69) is 47.5 Å². The molecular formula is C22H25N3O. The van der Waals surface area contributed by atoms with Crippen molar-refractivity contribution in [2.45, 2.75) is 39.3 Å². The summed E-state index contributed by atoms with van der Waals surface area (Å²) < 4.78 is 0. The lowest BCUT2D eigenvalue weighted by atomic mass is 10.0. The molecule has 2 aromatic rings. The van der Waals surface area contributed by atoms with Gasteiger partial charge in [0.15, 0.2) is 5.78 Å². The van der Waals surface area contributed by atoms with Gasteiger partial charge in [0.05, 0.1) is 11.3 Å². The number of nitrogens with one attached hydrogen (secondary N) is 1. The number of likely N-dealkylation sites (tertiary alicyclic amines) is 1. The number of piperidine rings is 1. The van der Waals surface area contributed by atoms with Crippen LogP contribution in [0, 0.1) is 18.3 Å². The Morgan fingerprint density at radius 2 is 1.96 bits per heavy atom. The number of nitriles is 1. The molecule has 26 heavy (non-hydrogen) atoms. The van der Waals surface area contributed by atoms with Crippen molar-refractivity contribution in [2.75, 3.05) is 18.4 Å². The molecule has 3 rings (SSSR count). The van der Waals surface area contributed by atoms with Gasteiger partial charge in [0.2, 0.25) is 0 Å².